The molecule has 3 rings (SSSR count). The maximum atomic E-state index is 11.4. The van der Waals surface area contributed by atoms with E-state index in [9.17, 15) is 14.7 Å². The SMILES string of the molecule is N=C(N)c1ccc(N2CCN([C@@H]3CCN(CC(=O)O)C[C@@H]3CC(=O)O)CC2)cc1. The van der Waals surface area contributed by atoms with Gasteiger partial charge in [0.1, 0.15) is 5.84 Å². The van der Waals surface area contributed by atoms with Crippen molar-refractivity contribution in [2.24, 2.45) is 11.7 Å². The van der Waals surface area contributed by atoms with Crippen molar-refractivity contribution in [3.05, 3.63) is 29.8 Å². The van der Waals surface area contributed by atoms with Gasteiger partial charge in [0.2, 0.25) is 0 Å². The number of piperidine rings is 1. The number of nitrogens with one attached hydrogen (secondary N) is 1. The fraction of sp³-hybridized carbons (Fsp3) is 0.550. The molecule has 2 fully saturated rings. The zero-order valence-corrected chi connectivity index (χ0v) is 16.5. The van der Waals surface area contributed by atoms with Crippen LogP contribution < -0.4 is 10.6 Å². The van der Waals surface area contributed by atoms with Crippen molar-refractivity contribution in [1.82, 2.24) is 9.80 Å². The highest BCUT2D eigenvalue weighted by Gasteiger charge is 2.36. The largest absolute Gasteiger partial charge is 0.481 e. The Balaban J connectivity index is 1.60. The number of anilines is 1. The summed E-state index contributed by atoms with van der Waals surface area (Å²) < 4.78 is 0. The van der Waals surface area contributed by atoms with Gasteiger partial charge in [-0.3, -0.25) is 24.8 Å². The van der Waals surface area contributed by atoms with Gasteiger partial charge in [-0.25, -0.2) is 0 Å². The molecule has 29 heavy (non-hydrogen) atoms. The number of hydrogen-bond acceptors (Lipinski definition) is 6. The minimum absolute atomic E-state index is 0.0348. The van der Waals surface area contributed by atoms with E-state index in [1.54, 1.807) is 0 Å². The van der Waals surface area contributed by atoms with Gasteiger partial charge < -0.3 is 20.8 Å². The molecular formula is C20H29N5O4. The van der Waals surface area contributed by atoms with E-state index in [0.29, 0.717) is 18.7 Å². The molecule has 1 aromatic rings. The maximum Gasteiger partial charge on any atom is 0.317 e. The lowest BCUT2D eigenvalue weighted by molar-refractivity contribution is -0.140. The topological polar surface area (TPSA) is 134 Å². The second-order valence-electron chi connectivity index (χ2n) is 7.83. The second-order valence-corrected chi connectivity index (χ2v) is 7.83. The van der Waals surface area contributed by atoms with Gasteiger partial charge >= 0.3 is 11.9 Å². The van der Waals surface area contributed by atoms with Crippen LogP contribution in [0.4, 0.5) is 5.69 Å². The van der Waals surface area contributed by atoms with E-state index in [-0.39, 0.29) is 30.8 Å². The Hall–Kier alpha value is -2.65. The zero-order chi connectivity index (χ0) is 21.0. The average Bonchev–Trinajstić information content (AvgIpc) is 2.67. The quantitative estimate of drug-likeness (QED) is 0.378. The van der Waals surface area contributed by atoms with Gasteiger partial charge in [-0.1, -0.05) is 0 Å². The third kappa shape index (κ3) is 5.45. The highest BCUT2D eigenvalue weighted by Crippen LogP contribution is 2.27. The molecule has 2 aliphatic rings. The predicted octanol–water partition coefficient (Wildman–Crippen LogP) is 0.342. The molecule has 0 bridgehead atoms. The number of nitrogens with zero attached hydrogens (tertiary/aromatic N) is 3. The molecule has 0 aromatic heterocycles. The lowest BCUT2D eigenvalue weighted by atomic mass is 9.87. The van der Waals surface area contributed by atoms with Crippen LogP contribution >= 0.6 is 0 Å². The fourth-order valence-electron chi connectivity index (χ4n) is 4.50. The number of carboxylic acids is 2. The van der Waals surface area contributed by atoms with Gasteiger partial charge in [-0.05, 0) is 36.6 Å². The molecule has 0 saturated carbocycles. The van der Waals surface area contributed by atoms with E-state index in [2.05, 4.69) is 9.80 Å². The summed E-state index contributed by atoms with van der Waals surface area (Å²) in [6.45, 7) is 4.52. The lowest BCUT2D eigenvalue weighted by Gasteiger charge is -2.46. The van der Waals surface area contributed by atoms with Crippen LogP contribution in [0, 0.1) is 11.3 Å². The molecular weight excluding hydrogens is 374 g/mol. The summed E-state index contributed by atoms with van der Waals surface area (Å²) in [6, 6.07) is 7.82. The molecule has 5 N–H and O–H groups in total. The third-order valence-corrected chi connectivity index (χ3v) is 5.90. The van der Waals surface area contributed by atoms with Gasteiger partial charge in [-0.2, -0.15) is 0 Å². The number of piperazine rings is 1. The first-order valence-electron chi connectivity index (χ1n) is 9.93. The minimum atomic E-state index is -0.873. The van der Waals surface area contributed by atoms with Crippen molar-refractivity contribution < 1.29 is 19.8 Å². The summed E-state index contributed by atoms with van der Waals surface area (Å²) in [6.07, 6.45) is 0.853. The van der Waals surface area contributed by atoms with E-state index in [1.807, 2.05) is 29.2 Å². The molecule has 0 radical (unpaired) electrons. The van der Waals surface area contributed by atoms with Gasteiger partial charge in [0, 0.05) is 56.6 Å². The Morgan fingerprint density at radius 2 is 1.69 bits per heavy atom. The Bertz CT molecular complexity index is 746. The monoisotopic (exact) mass is 403 g/mol. The predicted molar refractivity (Wildman–Crippen MR) is 109 cm³/mol. The molecule has 2 saturated heterocycles. The summed E-state index contributed by atoms with van der Waals surface area (Å²) in [4.78, 5) is 28.9. The van der Waals surface area contributed by atoms with Crippen molar-refractivity contribution in [3.63, 3.8) is 0 Å². The number of nitrogen functional groups attached to an aromatic ring is 1. The van der Waals surface area contributed by atoms with Crippen LogP contribution in [-0.4, -0.2) is 89.6 Å². The molecule has 9 nitrogen and oxygen atoms in total. The average molecular weight is 403 g/mol. The van der Waals surface area contributed by atoms with Gasteiger partial charge in [0.05, 0.1) is 13.0 Å². The van der Waals surface area contributed by atoms with E-state index in [0.717, 1.165) is 38.3 Å². The Labute approximate surface area is 170 Å². The standard InChI is InChI=1S/C20H29N5O4/c21-20(22)14-1-3-16(4-2-14)24-7-9-25(10-8-24)17-5-6-23(13-19(28)29)12-15(17)11-18(26)27/h1-4,15,17H,5-13H2,(H3,21,22)(H,26,27)(H,28,29)/t15-,17+/m0/s1. The van der Waals surface area contributed by atoms with Gasteiger partial charge in [0.15, 0.2) is 0 Å². The molecule has 2 atom stereocenters. The summed E-state index contributed by atoms with van der Waals surface area (Å²) >= 11 is 0. The highest BCUT2D eigenvalue weighted by molar-refractivity contribution is 5.95. The van der Waals surface area contributed by atoms with Crippen LogP contribution in [0.1, 0.15) is 18.4 Å². The second kappa shape index (κ2) is 9.23. The van der Waals surface area contributed by atoms with Crippen LogP contribution in [0.15, 0.2) is 24.3 Å². The Kier molecular flexibility index (Phi) is 6.71. The molecule has 0 unspecified atom stereocenters. The van der Waals surface area contributed by atoms with Crippen LogP contribution in [-0.2, 0) is 9.59 Å². The Morgan fingerprint density at radius 1 is 1.03 bits per heavy atom. The minimum Gasteiger partial charge on any atom is -0.481 e. The highest BCUT2D eigenvalue weighted by atomic mass is 16.4. The van der Waals surface area contributed by atoms with Gasteiger partial charge in [0.25, 0.3) is 0 Å². The molecule has 0 amide bonds. The Morgan fingerprint density at radius 3 is 2.24 bits per heavy atom. The van der Waals surface area contributed by atoms with Crippen molar-refractivity contribution in [2.75, 3.05) is 50.7 Å². The number of carboxylic acid groups (broad SMARTS) is 2. The zero-order valence-electron chi connectivity index (χ0n) is 16.5. The number of benzene rings is 1. The first-order valence-corrected chi connectivity index (χ1v) is 9.93. The fourth-order valence-corrected chi connectivity index (χ4v) is 4.50. The van der Waals surface area contributed by atoms with Crippen LogP contribution in [0.5, 0.6) is 0 Å². The summed E-state index contributed by atoms with van der Waals surface area (Å²) in [5, 5.41) is 25.8. The van der Waals surface area contributed by atoms with E-state index >= 15 is 0 Å². The summed E-state index contributed by atoms with van der Waals surface area (Å²) in [5.41, 5.74) is 7.31. The molecule has 1 aromatic carbocycles. The number of aliphatic carboxylic acids is 2. The van der Waals surface area contributed by atoms with Crippen LogP contribution in [0.3, 0.4) is 0 Å². The van der Waals surface area contributed by atoms with Crippen LogP contribution in [0.25, 0.3) is 0 Å². The smallest absolute Gasteiger partial charge is 0.317 e. The normalized spacial score (nSPS) is 23.7. The van der Waals surface area contributed by atoms with E-state index in [1.165, 1.54) is 0 Å². The number of amidine groups is 1. The van der Waals surface area contributed by atoms with Crippen molar-refractivity contribution in [1.29, 1.82) is 5.41 Å². The number of carbonyl (C=O) groups is 2. The summed E-state index contributed by atoms with van der Waals surface area (Å²) in [7, 11) is 0. The third-order valence-electron chi connectivity index (χ3n) is 5.90. The molecule has 9 heteroatoms. The number of nitrogens with two attached hydrogens (primary N) is 1. The lowest BCUT2D eigenvalue weighted by Crippen LogP contribution is -2.57. The van der Waals surface area contributed by atoms with Crippen LogP contribution in [0.2, 0.25) is 0 Å². The van der Waals surface area contributed by atoms with E-state index < -0.39 is 11.9 Å². The number of hydrogen-bond donors (Lipinski definition) is 4. The van der Waals surface area contributed by atoms with Crippen molar-refractivity contribution in [3.8, 4) is 0 Å². The van der Waals surface area contributed by atoms with E-state index in [4.69, 9.17) is 16.2 Å². The maximum absolute atomic E-state index is 11.4. The molecule has 0 spiro atoms. The number of rotatable bonds is 7. The van der Waals surface area contributed by atoms with Crippen molar-refractivity contribution >= 4 is 23.5 Å². The first kappa shape index (κ1) is 21.1. The molecule has 158 valence electrons. The van der Waals surface area contributed by atoms with Crippen molar-refractivity contribution in [2.45, 2.75) is 18.9 Å². The first-order chi connectivity index (χ1) is 13.8. The number of likely N-dealkylation sites (tertiary alicyclic amines) is 1. The molecule has 0 aliphatic carbocycles. The molecule has 2 aliphatic heterocycles. The summed E-state index contributed by atoms with van der Waals surface area (Å²) in [5.74, 6) is -1.72. The molecule has 2 heterocycles. The van der Waals surface area contributed by atoms with Gasteiger partial charge in [-0.15, -0.1) is 0 Å².